The van der Waals surface area contributed by atoms with Crippen LogP contribution < -0.4 is 0 Å². The van der Waals surface area contributed by atoms with Crippen molar-refractivity contribution in [2.45, 2.75) is 39.7 Å². The molecule has 5 nitrogen and oxygen atoms in total. The summed E-state index contributed by atoms with van der Waals surface area (Å²) in [6.07, 6.45) is 5.92. The fraction of sp³-hybridized carbons (Fsp3) is 0.625. The fourth-order valence-corrected chi connectivity index (χ4v) is 2.28. The van der Waals surface area contributed by atoms with Gasteiger partial charge in [-0.3, -0.25) is 4.79 Å². The molecule has 0 saturated carbocycles. The predicted molar refractivity (Wildman–Crippen MR) is 78.6 cm³/mol. The van der Waals surface area contributed by atoms with E-state index in [0.717, 1.165) is 6.42 Å². The van der Waals surface area contributed by atoms with Crippen molar-refractivity contribution < 1.29 is 23.8 Å². The molecule has 0 aromatic carbocycles. The quantitative estimate of drug-likeness (QED) is 0.675. The number of carbonyl (C=O) groups excluding carboxylic acids is 2. The Bertz CT molecular complexity index is 438. The molecule has 5 heteroatoms. The van der Waals surface area contributed by atoms with E-state index < -0.39 is 23.5 Å². The number of allylic oxidation sites excluding steroid dienone is 2. The maximum absolute atomic E-state index is 12.3. The van der Waals surface area contributed by atoms with E-state index in [4.69, 9.17) is 14.2 Å². The van der Waals surface area contributed by atoms with E-state index >= 15 is 0 Å². The lowest BCUT2D eigenvalue weighted by Crippen LogP contribution is -2.45. The molecule has 21 heavy (non-hydrogen) atoms. The van der Waals surface area contributed by atoms with Gasteiger partial charge in [-0.15, -0.1) is 0 Å². The van der Waals surface area contributed by atoms with Crippen LogP contribution in [0.15, 0.2) is 23.8 Å². The van der Waals surface area contributed by atoms with Gasteiger partial charge in [0.05, 0.1) is 18.8 Å². The maximum Gasteiger partial charge on any atom is 0.335 e. The van der Waals surface area contributed by atoms with Crippen LogP contribution in [0.2, 0.25) is 0 Å². The highest BCUT2D eigenvalue weighted by molar-refractivity contribution is 5.97. The molecule has 2 unspecified atom stereocenters. The minimum Gasteiger partial charge on any atom is -0.465 e. The third-order valence-electron chi connectivity index (χ3n) is 3.24. The second kappa shape index (κ2) is 7.98. The summed E-state index contributed by atoms with van der Waals surface area (Å²) < 4.78 is 16.0. The summed E-state index contributed by atoms with van der Waals surface area (Å²) >= 11 is 0. The molecular formula is C16H24O5. The molecule has 0 saturated heterocycles. The number of esters is 2. The first-order valence-corrected chi connectivity index (χ1v) is 7.37. The van der Waals surface area contributed by atoms with Crippen LogP contribution in [0.3, 0.4) is 0 Å². The molecule has 0 aromatic rings. The average molecular weight is 296 g/mol. The molecule has 0 heterocycles. The van der Waals surface area contributed by atoms with E-state index in [1.807, 2.05) is 6.92 Å². The first-order chi connectivity index (χ1) is 10.00. The van der Waals surface area contributed by atoms with Gasteiger partial charge < -0.3 is 14.2 Å². The summed E-state index contributed by atoms with van der Waals surface area (Å²) in [6.45, 7) is 8.22. The highest BCUT2D eigenvalue weighted by Crippen LogP contribution is 2.35. The largest absolute Gasteiger partial charge is 0.465 e. The average Bonchev–Trinajstić information content (AvgIpc) is 2.45. The Morgan fingerprint density at radius 1 is 1.19 bits per heavy atom. The topological polar surface area (TPSA) is 61.8 Å². The van der Waals surface area contributed by atoms with Crippen LogP contribution in [-0.4, -0.2) is 37.4 Å². The zero-order valence-corrected chi connectivity index (χ0v) is 13.2. The van der Waals surface area contributed by atoms with Crippen molar-refractivity contribution in [1.82, 2.24) is 0 Å². The normalized spacial score (nSPS) is 24.4. The third kappa shape index (κ3) is 4.17. The van der Waals surface area contributed by atoms with Gasteiger partial charge in [0.15, 0.2) is 0 Å². The molecule has 0 N–H and O–H groups in total. The van der Waals surface area contributed by atoms with E-state index in [9.17, 15) is 9.59 Å². The molecule has 0 bridgehead atoms. The lowest BCUT2D eigenvalue weighted by molar-refractivity contribution is -0.159. The van der Waals surface area contributed by atoms with Gasteiger partial charge in [0, 0.05) is 6.61 Å². The van der Waals surface area contributed by atoms with Crippen LogP contribution in [-0.2, 0) is 23.8 Å². The number of hydrogen-bond acceptors (Lipinski definition) is 5. The molecule has 2 atom stereocenters. The van der Waals surface area contributed by atoms with Crippen molar-refractivity contribution in [2.75, 3.05) is 19.8 Å². The SMILES string of the molecule is CCCOC1(C)C=CC=C(C(=O)OCC)C1C(=O)OCC. The zero-order chi connectivity index (χ0) is 15.9. The molecule has 1 aliphatic rings. The maximum atomic E-state index is 12.3. The van der Waals surface area contributed by atoms with E-state index in [1.165, 1.54) is 0 Å². The van der Waals surface area contributed by atoms with Gasteiger partial charge in [-0.05, 0) is 27.2 Å². The lowest BCUT2D eigenvalue weighted by atomic mass is 9.79. The Morgan fingerprint density at radius 3 is 2.43 bits per heavy atom. The third-order valence-corrected chi connectivity index (χ3v) is 3.24. The first-order valence-electron chi connectivity index (χ1n) is 7.37. The summed E-state index contributed by atoms with van der Waals surface area (Å²) in [5.41, 5.74) is -0.629. The van der Waals surface area contributed by atoms with Gasteiger partial charge in [0.1, 0.15) is 11.5 Å². The molecule has 0 radical (unpaired) electrons. The van der Waals surface area contributed by atoms with Crippen molar-refractivity contribution in [3.63, 3.8) is 0 Å². The van der Waals surface area contributed by atoms with Crippen molar-refractivity contribution in [1.29, 1.82) is 0 Å². The molecule has 118 valence electrons. The summed E-state index contributed by atoms with van der Waals surface area (Å²) in [6, 6.07) is 0. The van der Waals surface area contributed by atoms with Gasteiger partial charge in [-0.25, -0.2) is 4.79 Å². The van der Waals surface area contributed by atoms with Gasteiger partial charge >= 0.3 is 11.9 Å². The van der Waals surface area contributed by atoms with Crippen LogP contribution in [0.5, 0.6) is 0 Å². The summed E-state index contributed by atoms with van der Waals surface area (Å²) in [5.74, 6) is -1.79. The van der Waals surface area contributed by atoms with Crippen molar-refractivity contribution >= 4 is 11.9 Å². The summed E-state index contributed by atoms with van der Waals surface area (Å²) in [7, 11) is 0. The van der Waals surface area contributed by atoms with Gasteiger partial charge in [0.25, 0.3) is 0 Å². The smallest absolute Gasteiger partial charge is 0.335 e. The predicted octanol–water partition coefficient (Wildman–Crippen LogP) is 2.41. The molecule has 1 aliphatic carbocycles. The van der Waals surface area contributed by atoms with Crippen LogP contribution in [0.1, 0.15) is 34.1 Å². The minimum atomic E-state index is -0.904. The first kappa shape index (κ1) is 17.4. The van der Waals surface area contributed by atoms with Crippen LogP contribution in [0, 0.1) is 5.92 Å². The Kier molecular flexibility index (Phi) is 6.62. The number of carbonyl (C=O) groups is 2. The summed E-state index contributed by atoms with van der Waals surface area (Å²) in [4.78, 5) is 24.4. The molecular weight excluding hydrogens is 272 g/mol. The van der Waals surface area contributed by atoms with Crippen LogP contribution in [0.25, 0.3) is 0 Å². The van der Waals surface area contributed by atoms with E-state index in [1.54, 1.807) is 39.0 Å². The van der Waals surface area contributed by atoms with E-state index in [0.29, 0.717) is 6.61 Å². The fourth-order valence-electron chi connectivity index (χ4n) is 2.28. The van der Waals surface area contributed by atoms with Crippen LogP contribution >= 0.6 is 0 Å². The Labute approximate surface area is 125 Å². The standard InChI is InChI=1S/C16H24O5/c1-5-11-21-16(4)10-8-9-12(14(17)19-6-2)13(16)15(18)20-7-3/h8-10,13H,5-7,11H2,1-4H3. The number of ether oxygens (including phenoxy) is 3. The van der Waals surface area contributed by atoms with Crippen molar-refractivity contribution in [2.24, 2.45) is 5.92 Å². The molecule has 1 rings (SSSR count). The molecule has 0 spiro atoms. The highest BCUT2D eigenvalue weighted by Gasteiger charge is 2.45. The zero-order valence-electron chi connectivity index (χ0n) is 13.2. The van der Waals surface area contributed by atoms with E-state index in [2.05, 4.69) is 0 Å². The minimum absolute atomic E-state index is 0.249. The second-order valence-corrected chi connectivity index (χ2v) is 4.92. The Balaban J connectivity index is 3.10. The van der Waals surface area contributed by atoms with Crippen molar-refractivity contribution in [3.8, 4) is 0 Å². The molecule has 0 aromatic heterocycles. The number of hydrogen-bond donors (Lipinski definition) is 0. The van der Waals surface area contributed by atoms with Gasteiger partial charge in [0.2, 0.25) is 0 Å². The van der Waals surface area contributed by atoms with E-state index in [-0.39, 0.29) is 18.8 Å². The van der Waals surface area contributed by atoms with Crippen LogP contribution in [0.4, 0.5) is 0 Å². The Hall–Kier alpha value is -1.62. The molecule has 0 amide bonds. The number of rotatable bonds is 7. The lowest BCUT2D eigenvalue weighted by Gasteiger charge is -2.36. The second-order valence-electron chi connectivity index (χ2n) is 4.92. The molecule has 0 aliphatic heterocycles. The van der Waals surface area contributed by atoms with Crippen molar-refractivity contribution in [3.05, 3.63) is 23.8 Å². The summed E-state index contributed by atoms with van der Waals surface area (Å²) in [5, 5.41) is 0. The van der Waals surface area contributed by atoms with Gasteiger partial charge in [-0.2, -0.15) is 0 Å². The van der Waals surface area contributed by atoms with Gasteiger partial charge in [-0.1, -0.05) is 25.2 Å². The highest BCUT2D eigenvalue weighted by atomic mass is 16.5. The monoisotopic (exact) mass is 296 g/mol. The molecule has 0 fully saturated rings. The Morgan fingerprint density at radius 2 is 1.86 bits per heavy atom.